The van der Waals surface area contributed by atoms with Crippen molar-refractivity contribution in [2.24, 2.45) is 5.92 Å². The Hall–Kier alpha value is -1.71. The third-order valence-corrected chi connectivity index (χ3v) is 7.76. The van der Waals surface area contributed by atoms with Crippen LogP contribution in [0.3, 0.4) is 0 Å². The van der Waals surface area contributed by atoms with E-state index in [0.29, 0.717) is 19.0 Å². The molecular weight excluding hydrogens is 402 g/mol. The van der Waals surface area contributed by atoms with E-state index in [9.17, 15) is 8.42 Å². The molecule has 1 saturated carbocycles. The lowest BCUT2D eigenvalue weighted by molar-refractivity contribution is 0.0934. The normalized spacial score (nSPS) is 19.8. The van der Waals surface area contributed by atoms with Crippen LogP contribution < -0.4 is 0 Å². The molecule has 2 aromatic rings. The van der Waals surface area contributed by atoms with Gasteiger partial charge in [-0.2, -0.15) is 5.10 Å². The standard InChI is InChI=1S/C21H33N5O3S/c1-16-11-17(2)26(23-16)9-8-24(3)13-19-12-22-21(30(27,28)15-18-6-7-18)25(19)14-20-5-4-10-29-20/h11-12,18,20H,4-10,13-15H2,1-3H3. The number of aromatic nitrogens is 4. The van der Waals surface area contributed by atoms with Crippen LogP contribution in [0.25, 0.3) is 0 Å². The smallest absolute Gasteiger partial charge is 0.227 e. The number of hydrogen-bond acceptors (Lipinski definition) is 6. The van der Waals surface area contributed by atoms with Gasteiger partial charge in [-0.3, -0.25) is 9.58 Å². The lowest BCUT2D eigenvalue weighted by atomic mass is 10.2. The fraction of sp³-hybridized carbons (Fsp3) is 0.714. The van der Waals surface area contributed by atoms with E-state index in [1.165, 1.54) is 0 Å². The zero-order chi connectivity index (χ0) is 21.3. The first kappa shape index (κ1) is 21.5. The fourth-order valence-electron chi connectivity index (χ4n) is 4.15. The molecule has 1 aliphatic heterocycles. The lowest BCUT2D eigenvalue weighted by Crippen LogP contribution is -2.27. The first-order chi connectivity index (χ1) is 14.3. The minimum Gasteiger partial charge on any atom is -0.376 e. The van der Waals surface area contributed by atoms with Gasteiger partial charge in [0, 0.05) is 25.4 Å². The summed E-state index contributed by atoms with van der Waals surface area (Å²) in [5.41, 5.74) is 3.10. The topological polar surface area (TPSA) is 82.2 Å². The maximum Gasteiger partial charge on any atom is 0.227 e. The van der Waals surface area contributed by atoms with Crippen LogP contribution in [0, 0.1) is 19.8 Å². The van der Waals surface area contributed by atoms with Gasteiger partial charge in [-0.1, -0.05) is 0 Å². The Labute approximate surface area is 179 Å². The van der Waals surface area contributed by atoms with Crippen molar-refractivity contribution in [3.8, 4) is 0 Å². The van der Waals surface area contributed by atoms with Crippen molar-refractivity contribution >= 4 is 9.84 Å². The van der Waals surface area contributed by atoms with Gasteiger partial charge in [0.2, 0.25) is 15.0 Å². The molecule has 8 nitrogen and oxygen atoms in total. The van der Waals surface area contributed by atoms with Crippen LogP contribution in [0.5, 0.6) is 0 Å². The minimum atomic E-state index is -3.38. The molecule has 0 bridgehead atoms. The summed E-state index contributed by atoms with van der Waals surface area (Å²) in [6.07, 6.45) is 5.80. The SMILES string of the molecule is Cc1cc(C)n(CCN(C)Cc2cnc(S(=O)(=O)CC3CC3)n2CC2CCCO2)n1. The zero-order valence-corrected chi connectivity index (χ0v) is 19.1. The largest absolute Gasteiger partial charge is 0.376 e. The summed E-state index contributed by atoms with van der Waals surface area (Å²) in [6, 6.07) is 2.08. The van der Waals surface area contributed by atoms with Crippen molar-refractivity contribution in [2.45, 2.75) is 70.4 Å². The predicted octanol–water partition coefficient (Wildman–Crippen LogP) is 2.19. The van der Waals surface area contributed by atoms with Crippen molar-refractivity contribution in [3.63, 3.8) is 0 Å². The summed E-state index contributed by atoms with van der Waals surface area (Å²) in [5, 5.41) is 4.74. The molecule has 2 aliphatic rings. The van der Waals surface area contributed by atoms with Crippen LogP contribution in [0.1, 0.15) is 42.8 Å². The molecule has 0 N–H and O–H groups in total. The molecule has 30 heavy (non-hydrogen) atoms. The van der Waals surface area contributed by atoms with E-state index in [4.69, 9.17) is 4.74 Å². The number of sulfone groups is 1. The van der Waals surface area contributed by atoms with Gasteiger partial charge in [0.05, 0.1) is 42.5 Å². The highest BCUT2D eigenvalue weighted by Crippen LogP contribution is 2.32. The number of ether oxygens (including phenoxy) is 1. The second-order valence-electron chi connectivity index (χ2n) is 8.89. The minimum absolute atomic E-state index is 0.0628. The zero-order valence-electron chi connectivity index (χ0n) is 18.2. The highest BCUT2D eigenvalue weighted by atomic mass is 32.2. The summed E-state index contributed by atoms with van der Waals surface area (Å²) in [5.74, 6) is 0.512. The molecule has 1 saturated heterocycles. The van der Waals surface area contributed by atoms with Crippen molar-refractivity contribution in [1.29, 1.82) is 0 Å². The number of likely N-dealkylation sites (N-methyl/N-ethyl adjacent to an activating group) is 1. The number of hydrogen-bond donors (Lipinski definition) is 0. The van der Waals surface area contributed by atoms with Gasteiger partial charge >= 0.3 is 0 Å². The van der Waals surface area contributed by atoms with E-state index in [2.05, 4.69) is 28.0 Å². The fourth-order valence-corrected chi connectivity index (χ4v) is 5.99. The monoisotopic (exact) mass is 435 g/mol. The Morgan fingerprint density at radius 1 is 1.27 bits per heavy atom. The van der Waals surface area contributed by atoms with Crippen LogP contribution >= 0.6 is 0 Å². The molecule has 0 aromatic carbocycles. The van der Waals surface area contributed by atoms with Crippen molar-refractivity contribution in [2.75, 3.05) is 26.0 Å². The van der Waals surface area contributed by atoms with Gasteiger partial charge in [-0.15, -0.1) is 0 Å². The van der Waals surface area contributed by atoms with E-state index in [-0.39, 0.29) is 17.0 Å². The molecule has 1 atom stereocenters. The van der Waals surface area contributed by atoms with Crippen molar-refractivity contribution < 1.29 is 13.2 Å². The van der Waals surface area contributed by atoms with Gasteiger partial charge in [-0.05, 0) is 58.6 Å². The number of rotatable bonds is 10. The molecule has 2 aromatic heterocycles. The molecule has 9 heteroatoms. The summed E-state index contributed by atoms with van der Waals surface area (Å²) in [7, 11) is -1.33. The summed E-state index contributed by atoms with van der Waals surface area (Å²) in [4.78, 5) is 6.57. The number of aryl methyl sites for hydroxylation is 2. The quantitative estimate of drug-likeness (QED) is 0.569. The van der Waals surface area contributed by atoms with Crippen molar-refractivity contribution in [3.05, 3.63) is 29.3 Å². The Morgan fingerprint density at radius 3 is 2.70 bits per heavy atom. The highest BCUT2D eigenvalue weighted by molar-refractivity contribution is 7.91. The molecule has 1 unspecified atom stereocenters. The first-order valence-corrected chi connectivity index (χ1v) is 12.6. The van der Waals surface area contributed by atoms with E-state index in [0.717, 1.165) is 62.5 Å². The third-order valence-electron chi connectivity index (χ3n) is 5.97. The van der Waals surface area contributed by atoms with Gasteiger partial charge in [0.25, 0.3) is 0 Å². The molecule has 0 radical (unpaired) electrons. The Kier molecular flexibility index (Phi) is 6.31. The van der Waals surface area contributed by atoms with E-state index >= 15 is 0 Å². The molecule has 166 valence electrons. The van der Waals surface area contributed by atoms with Gasteiger partial charge in [-0.25, -0.2) is 13.4 Å². The first-order valence-electron chi connectivity index (χ1n) is 10.9. The molecule has 3 heterocycles. The van der Waals surface area contributed by atoms with Crippen LogP contribution in [-0.4, -0.2) is 64.7 Å². The van der Waals surface area contributed by atoms with Gasteiger partial charge < -0.3 is 9.30 Å². The molecule has 0 spiro atoms. The molecule has 1 aliphatic carbocycles. The average Bonchev–Trinajstić information content (AvgIpc) is 3.05. The van der Waals surface area contributed by atoms with Crippen LogP contribution in [0.4, 0.5) is 0 Å². The van der Waals surface area contributed by atoms with E-state index in [1.807, 2.05) is 23.2 Å². The Bertz CT molecular complexity index is 971. The molecule has 0 amide bonds. The summed E-state index contributed by atoms with van der Waals surface area (Å²) in [6.45, 7) is 7.62. The Balaban J connectivity index is 1.48. The lowest BCUT2D eigenvalue weighted by Gasteiger charge is -2.20. The predicted molar refractivity (Wildman–Crippen MR) is 114 cm³/mol. The summed E-state index contributed by atoms with van der Waals surface area (Å²) < 4.78 is 35.7. The molecular formula is C21H33N5O3S. The van der Waals surface area contributed by atoms with E-state index < -0.39 is 9.84 Å². The van der Waals surface area contributed by atoms with Crippen LogP contribution in [-0.2, 0) is 34.2 Å². The Morgan fingerprint density at radius 2 is 2.07 bits per heavy atom. The van der Waals surface area contributed by atoms with Crippen LogP contribution in [0.15, 0.2) is 17.4 Å². The molecule has 4 rings (SSSR count). The van der Waals surface area contributed by atoms with Crippen molar-refractivity contribution in [1.82, 2.24) is 24.2 Å². The second kappa shape index (κ2) is 8.80. The van der Waals surface area contributed by atoms with Gasteiger partial charge in [0.15, 0.2) is 0 Å². The number of imidazole rings is 1. The maximum atomic E-state index is 13.0. The van der Waals surface area contributed by atoms with Gasteiger partial charge in [0.1, 0.15) is 0 Å². The third kappa shape index (κ3) is 5.12. The maximum absolute atomic E-state index is 13.0. The second-order valence-corrected chi connectivity index (χ2v) is 10.8. The van der Waals surface area contributed by atoms with E-state index in [1.54, 1.807) is 6.20 Å². The number of nitrogens with zero attached hydrogens (tertiary/aromatic N) is 5. The average molecular weight is 436 g/mol. The highest BCUT2D eigenvalue weighted by Gasteiger charge is 2.33. The van der Waals surface area contributed by atoms with Crippen LogP contribution in [0.2, 0.25) is 0 Å². The summed E-state index contributed by atoms with van der Waals surface area (Å²) >= 11 is 0. The molecule has 2 fully saturated rings.